The second-order valence-corrected chi connectivity index (χ2v) is 4.99. The topological polar surface area (TPSA) is 17.8 Å². The number of rotatable bonds is 2. The molecule has 2 aromatic carbocycles. The van der Waals surface area contributed by atoms with Crippen molar-refractivity contribution in [2.75, 3.05) is 0 Å². The minimum Gasteiger partial charge on any atom is -0.295 e. The van der Waals surface area contributed by atoms with Crippen molar-refractivity contribution in [1.82, 2.24) is 9.55 Å². The van der Waals surface area contributed by atoms with E-state index in [-0.39, 0.29) is 0 Å². The number of para-hydroxylation sites is 2. The average molecular weight is 271 g/mol. The molecule has 0 saturated carbocycles. The standard InChI is InChI=1S/C16H15ClN2/c1-11-6-3-4-8-13(11)19-14-9-5-7-12(2)16(14)18-15(19)10-17/h3-9H,10H2,1-2H3. The Bertz CT molecular complexity index is 744. The number of fused-ring (bicyclic) bond motifs is 1. The van der Waals surface area contributed by atoms with Crippen molar-refractivity contribution in [3.63, 3.8) is 0 Å². The van der Waals surface area contributed by atoms with Gasteiger partial charge in [-0.25, -0.2) is 4.98 Å². The van der Waals surface area contributed by atoms with Gasteiger partial charge in [0, 0.05) is 0 Å². The van der Waals surface area contributed by atoms with Gasteiger partial charge in [0.25, 0.3) is 0 Å². The minimum absolute atomic E-state index is 0.405. The summed E-state index contributed by atoms with van der Waals surface area (Å²) in [6, 6.07) is 14.5. The van der Waals surface area contributed by atoms with Crippen LogP contribution in [0.2, 0.25) is 0 Å². The molecule has 0 radical (unpaired) electrons. The largest absolute Gasteiger partial charge is 0.295 e. The van der Waals surface area contributed by atoms with Gasteiger partial charge < -0.3 is 0 Å². The van der Waals surface area contributed by atoms with E-state index in [1.165, 1.54) is 11.1 Å². The first-order valence-electron chi connectivity index (χ1n) is 6.31. The first kappa shape index (κ1) is 12.2. The Morgan fingerprint density at radius 2 is 1.74 bits per heavy atom. The number of aromatic nitrogens is 2. The van der Waals surface area contributed by atoms with Crippen molar-refractivity contribution < 1.29 is 0 Å². The first-order chi connectivity index (χ1) is 9.22. The summed E-state index contributed by atoms with van der Waals surface area (Å²) in [6.45, 7) is 4.19. The lowest BCUT2D eigenvalue weighted by atomic mass is 10.1. The smallest absolute Gasteiger partial charge is 0.129 e. The highest BCUT2D eigenvalue weighted by molar-refractivity contribution is 6.17. The minimum atomic E-state index is 0.405. The van der Waals surface area contributed by atoms with Crippen molar-refractivity contribution in [2.45, 2.75) is 19.7 Å². The molecule has 3 heteroatoms. The molecule has 0 unspecified atom stereocenters. The van der Waals surface area contributed by atoms with Crippen LogP contribution in [0.25, 0.3) is 16.7 Å². The summed E-state index contributed by atoms with van der Waals surface area (Å²) in [7, 11) is 0. The van der Waals surface area contributed by atoms with Crippen LogP contribution >= 0.6 is 11.6 Å². The van der Waals surface area contributed by atoms with E-state index < -0.39 is 0 Å². The fraction of sp³-hybridized carbons (Fsp3) is 0.188. The predicted molar refractivity (Wildman–Crippen MR) is 80.1 cm³/mol. The van der Waals surface area contributed by atoms with E-state index in [1.807, 2.05) is 12.1 Å². The lowest BCUT2D eigenvalue weighted by Gasteiger charge is -2.10. The van der Waals surface area contributed by atoms with Crippen molar-refractivity contribution in [3.05, 3.63) is 59.4 Å². The predicted octanol–water partition coefficient (Wildman–Crippen LogP) is 4.38. The number of alkyl halides is 1. The second-order valence-electron chi connectivity index (χ2n) is 4.73. The number of hydrogen-bond acceptors (Lipinski definition) is 1. The Balaban J connectivity index is 2.40. The van der Waals surface area contributed by atoms with Crippen LogP contribution in [0.5, 0.6) is 0 Å². The zero-order valence-corrected chi connectivity index (χ0v) is 11.8. The molecule has 0 aliphatic carbocycles. The van der Waals surface area contributed by atoms with E-state index in [1.54, 1.807) is 0 Å². The molecule has 0 fully saturated rings. The molecule has 3 rings (SSSR count). The molecule has 0 amide bonds. The lowest BCUT2D eigenvalue weighted by molar-refractivity contribution is 0.972. The fourth-order valence-electron chi connectivity index (χ4n) is 2.46. The summed E-state index contributed by atoms with van der Waals surface area (Å²) in [5.41, 5.74) is 5.68. The zero-order chi connectivity index (χ0) is 13.4. The maximum atomic E-state index is 6.07. The molecule has 1 aromatic heterocycles. The SMILES string of the molecule is Cc1ccccc1-n1c(CCl)nc2c(C)cccc21. The third kappa shape index (κ3) is 1.92. The van der Waals surface area contributed by atoms with Crippen LogP contribution in [0.4, 0.5) is 0 Å². The van der Waals surface area contributed by atoms with Gasteiger partial charge in [-0.05, 0) is 37.1 Å². The fourth-order valence-corrected chi connectivity index (χ4v) is 2.64. The molecule has 0 atom stereocenters. The van der Waals surface area contributed by atoms with Gasteiger partial charge in [0.1, 0.15) is 5.82 Å². The molecule has 19 heavy (non-hydrogen) atoms. The summed E-state index contributed by atoms with van der Waals surface area (Å²) in [4.78, 5) is 4.68. The zero-order valence-electron chi connectivity index (χ0n) is 11.0. The lowest BCUT2D eigenvalue weighted by Crippen LogP contribution is -2.01. The Hall–Kier alpha value is -1.80. The quantitative estimate of drug-likeness (QED) is 0.632. The van der Waals surface area contributed by atoms with Crippen LogP contribution in [-0.2, 0) is 5.88 Å². The van der Waals surface area contributed by atoms with Gasteiger partial charge in [-0.2, -0.15) is 0 Å². The van der Waals surface area contributed by atoms with Gasteiger partial charge in [-0.15, -0.1) is 11.6 Å². The third-order valence-electron chi connectivity index (χ3n) is 3.43. The van der Waals surface area contributed by atoms with Gasteiger partial charge in [0.15, 0.2) is 0 Å². The van der Waals surface area contributed by atoms with Crippen LogP contribution in [0.3, 0.4) is 0 Å². The van der Waals surface area contributed by atoms with Gasteiger partial charge >= 0.3 is 0 Å². The van der Waals surface area contributed by atoms with Crippen LogP contribution in [0.15, 0.2) is 42.5 Å². The van der Waals surface area contributed by atoms with E-state index in [9.17, 15) is 0 Å². The molecule has 1 heterocycles. The monoisotopic (exact) mass is 270 g/mol. The van der Waals surface area contributed by atoms with E-state index in [0.717, 1.165) is 22.5 Å². The molecule has 2 nitrogen and oxygen atoms in total. The number of nitrogens with zero attached hydrogens (tertiary/aromatic N) is 2. The third-order valence-corrected chi connectivity index (χ3v) is 3.67. The van der Waals surface area contributed by atoms with Crippen molar-refractivity contribution in [1.29, 1.82) is 0 Å². The highest BCUT2D eigenvalue weighted by atomic mass is 35.5. The molecule has 0 bridgehead atoms. The molecular formula is C16H15ClN2. The Morgan fingerprint density at radius 3 is 2.47 bits per heavy atom. The van der Waals surface area contributed by atoms with Crippen molar-refractivity contribution in [3.8, 4) is 5.69 Å². The molecule has 96 valence electrons. The summed E-state index contributed by atoms with van der Waals surface area (Å²) in [6.07, 6.45) is 0. The molecular weight excluding hydrogens is 256 g/mol. The number of imidazole rings is 1. The molecule has 0 N–H and O–H groups in total. The number of hydrogen-bond donors (Lipinski definition) is 0. The van der Waals surface area contributed by atoms with Gasteiger partial charge in [0.05, 0.1) is 22.6 Å². The van der Waals surface area contributed by atoms with Gasteiger partial charge in [0.2, 0.25) is 0 Å². The number of benzene rings is 2. The maximum absolute atomic E-state index is 6.07. The highest BCUT2D eigenvalue weighted by Crippen LogP contribution is 2.26. The van der Waals surface area contributed by atoms with E-state index in [4.69, 9.17) is 11.6 Å². The van der Waals surface area contributed by atoms with Crippen LogP contribution in [0, 0.1) is 13.8 Å². The van der Waals surface area contributed by atoms with E-state index >= 15 is 0 Å². The average Bonchev–Trinajstić information content (AvgIpc) is 2.79. The molecule has 0 saturated heterocycles. The first-order valence-corrected chi connectivity index (χ1v) is 6.84. The normalized spacial score (nSPS) is 11.1. The van der Waals surface area contributed by atoms with Crippen molar-refractivity contribution >= 4 is 22.6 Å². The second kappa shape index (κ2) is 4.71. The van der Waals surface area contributed by atoms with Gasteiger partial charge in [-0.1, -0.05) is 30.3 Å². The van der Waals surface area contributed by atoms with E-state index in [0.29, 0.717) is 5.88 Å². The molecule has 0 aliphatic rings. The summed E-state index contributed by atoms with van der Waals surface area (Å²) >= 11 is 6.07. The molecule has 3 aromatic rings. The summed E-state index contributed by atoms with van der Waals surface area (Å²) in [5, 5.41) is 0. The van der Waals surface area contributed by atoms with Gasteiger partial charge in [-0.3, -0.25) is 4.57 Å². The maximum Gasteiger partial charge on any atom is 0.129 e. The Morgan fingerprint density at radius 1 is 1.00 bits per heavy atom. The molecule has 0 spiro atoms. The number of aryl methyl sites for hydroxylation is 2. The van der Waals surface area contributed by atoms with Crippen LogP contribution in [0.1, 0.15) is 17.0 Å². The Labute approximate surface area is 117 Å². The van der Waals surface area contributed by atoms with Crippen molar-refractivity contribution in [2.24, 2.45) is 0 Å². The van der Waals surface area contributed by atoms with E-state index in [2.05, 4.69) is 53.7 Å². The summed E-state index contributed by atoms with van der Waals surface area (Å²) < 4.78 is 2.16. The number of halogens is 1. The molecule has 0 aliphatic heterocycles. The summed E-state index contributed by atoms with van der Waals surface area (Å²) in [5.74, 6) is 1.29. The van der Waals surface area contributed by atoms with Crippen LogP contribution < -0.4 is 0 Å². The Kier molecular flexibility index (Phi) is 3.03. The highest BCUT2D eigenvalue weighted by Gasteiger charge is 2.13. The van der Waals surface area contributed by atoms with Crippen LogP contribution in [-0.4, -0.2) is 9.55 Å².